The summed E-state index contributed by atoms with van der Waals surface area (Å²) in [5.41, 5.74) is 4.54. The lowest BCUT2D eigenvalue weighted by atomic mass is 9.49. The molecule has 1 heteroatoms. The van der Waals surface area contributed by atoms with Crippen molar-refractivity contribution >= 4 is 0 Å². The minimum Gasteiger partial charge on any atom is -0.396 e. The van der Waals surface area contributed by atoms with Crippen molar-refractivity contribution in [1.82, 2.24) is 0 Å². The van der Waals surface area contributed by atoms with Crippen molar-refractivity contribution in [1.29, 1.82) is 0 Å². The zero-order chi connectivity index (χ0) is 20.8. The lowest BCUT2D eigenvalue weighted by Crippen LogP contribution is -2.46. The van der Waals surface area contributed by atoms with E-state index in [1.54, 1.807) is 11.1 Å². The molecule has 2 unspecified atom stereocenters. The number of aliphatic hydroxyl groups is 1. The average molecular weight is 399 g/mol. The van der Waals surface area contributed by atoms with Crippen LogP contribution in [0.3, 0.4) is 0 Å². The Labute approximate surface area is 180 Å². The molecule has 4 rings (SSSR count). The first-order chi connectivity index (χ1) is 13.8. The van der Waals surface area contributed by atoms with Gasteiger partial charge in [0, 0.05) is 6.61 Å². The summed E-state index contributed by atoms with van der Waals surface area (Å²) < 4.78 is 0. The molecule has 0 aromatic heterocycles. The largest absolute Gasteiger partial charge is 0.396 e. The Hall–Kier alpha value is -0.560. The van der Waals surface area contributed by atoms with Gasteiger partial charge < -0.3 is 5.11 Å². The molecule has 0 spiro atoms. The highest BCUT2D eigenvalue weighted by Gasteiger charge is 2.54. The van der Waals surface area contributed by atoms with E-state index in [1.165, 1.54) is 64.2 Å². The van der Waals surface area contributed by atoms with E-state index in [2.05, 4.69) is 46.8 Å². The van der Waals surface area contributed by atoms with E-state index in [4.69, 9.17) is 0 Å². The second-order valence-electron chi connectivity index (χ2n) is 12.0. The molecule has 29 heavy (non-hydrogen) atoms. The molecule has 1 N–H and O–H groups in total. The van der Waals surface area contributed by atoms with Gasteiger partial charge in [0.05, 0.1) is 0 Å². The van der Waals surface area contributed by atoms with E-state index in [-0.39, 0.29) is 0 Å². The van der Waals surface area contributed by atoms with Gasteiger partial charge in [0.25, 0.3) is 0 Å². The highest BCUT2D eigenvalue weighted by molar-refractivity contribution is 5.46. The van der Waals surface area contributed by atoms with Crippen LogP contribution >= 0.6 is 0 Å². The topological polar surface area (TPSA) is 20.2 Å². The molecular formula is C28H46O. The first-order valence-corrected chi connectivity index (χ1v) is 12.8. The maximum absolute atomic E-state index is 9.48. The zero-order valence-electron chi connectivity index (χ0n) is 19.8. The third kappa shape index (κ3) is 3.58. The quantitative estimate of drug-likeness (QED) is 0.489. The molecule has 4 aliphatic carbocycles. The second-order valence-corrected chi connectivity index (χ2v) is 12.0. The molecule has 0 aliphatic heterocycles. The van der Waals surface area contributed by atoms with Crippen molar-refractivity contribution in [2.24, 2.45) is 46.3 Å². The molecule has 2 saturated carbocycles. The highest BCUT2D eigenvalue weighted by atomic mass is 16.3. The van der Waals surface area contributed by atoms with E-state index < -0.39 is 0 Å². The van der Waals surface area contributed by atoms with Crippen LogP contribution in [0.4, 0.5) is 0 Å². The Morgan fingerprint density at radius 1 is 0.966 bits per heavy atom. The maximum atomic E-state index is 9.48. The molecule has 8 atom stereocenters. The van der Waals surface area contributed by atoms with Gasteiger partial charge in [0.1, 0.15) is 0 Å². The Morgan fingerprint density at radius 3 is 2.52 bits per heavy atom. The lowest BCUT2D eigenvalue weighted by molar-refractivity contribution is 0.0240. The van der Waals surface area contributed by atoms with Gasteiger partial charge in [-0.05, 0) is 96.0 Å². The van der Waals surface area contributed by atoms with Crippen LogP contribution < -0.4 is 0 Å². The van der Waals surface area contributed by atoms with Crippen LogP contribution in [0.2, 0.25) is 0 Å². The number of fused-ring (bicyclic) bond motifs is 5. The standard InChI is InChI=1S/C28H46O/c1-19(21(3)18-29)9-10-20(2)24-13-14-25-23-12-11-22-8-6-7-16-27(22,4)26(23)15-17-28(24,25)5/h12,14,19-22,24,26,29H,6-11,13,15-18H2,1-5H3/t19-,20+,21?,22?,24+,26-,27-,28+/m0/s1. The van der Waals surface area contributed by atoms with Crippen molar-refractivity contribution < 1.29 is 5.11 Å². The molecule has 2 fully saturated rings. The number of hydrogen-bond donors (Lipinski definition) is 1. The first-order valence-electron chi connectivity index (χ1n) is 12.8. The summed E-state index contributed by atoms with van der Waals surface area (Å²) in [5.74, 6) is 4.43. The third-order valence-corrected chi connectivity index (χ3v) is 10.5. The summed E-state index contributed by atoms with van der Waals surface area (Å²) in [6.45, 7) is 12.6. The Bertz CT molecular complexity index is 659. The number of hydrogen-bond acceptors (Lipinski definition) is 1. The van der Waals surface area contributed by atoms with Crippen LogP contribution in [0.1, 0.15) is 98.8 Å². The van der Waals surface area contributed by atoms with Gasteiger partial charge in [-0.1, -0.05) is 72.5 Å². The number of allylic oxidation sites excluding steroid dienone is 4. The van der Waals surface area contributed by atoms with E-state index in [9.17, 15) is 5.11 Å². The van der Waals surface area contributed by atoms with E-state index in [1.807, 2.05) is 0 Å². The molecule has 0 aromatic carbocycles. The van der Waals surface area contributed by atoms with Crippen LogP contribution in [-0.4, -0.2) is 11.7 Å². The number of aliphatic hydroxyl groups excluding tert-OH is 1. The fourth-order valence-electron chi connectivity index (χ4n) is 8.03. The summed E-state index contributed by atoms with van der Waals surface area (Å²) in [7, 11) is 0. The minimum atomic E-state index is 0.331. The van der Waals surface area contributed by atoms with Gasteiger partial charge in [-0.25, -0.2) is 0 Å². The first kappa shape index (κ1) is 21.7. The van der Waals surface area contributed by atoms with Crippen molar-refractivity contribution in [2.75, 3.05) is 6.61 Å². The predicted octanol–water partition coefficient (Wildman–Crippen LogP) is 7.56. The van der Waals surface area contributed by atoms with Gasteiger partial charge in [0.2, 0.25) is 0 Å². The Balaban J connectivity index is 1.48. The van der Waals surface area contributed by atoms with Crippen LogP contribution in [0, 0.1) is 46.3 Å². The molecular weight excluding hydrogens is 352 g/mol. The van der Waals surface area contributed by atoms with Gasteiger partial charge in [-0.2, -0.15) is 0 Å². The highest BCUT2D eigenvalue weighted by Crippen LogP contribution is 2.65. The van der Waals surface area contributed by atoms with Crippen molar-refractivity contribution in [3.05, 3.63) is 23.3 Å². The summed E-state index contributed by atoms with van der Waals surface area (Å²) in [6.07, 6.45) is 19.3. The second kappa shape index (κ2) is 8.18. The van der Waals surface area contributed by atoms with Crippen molar-refractivity contribution in [3.8, 4) is 0 Å². The molecule has 0 saturated heterocycles. The van der Waals surface area contributed by atoms with E-state index >= 15 is 0 Å². The minimum absolute atomic E-state index is 0.331. The molecule has 0 heterocycles. The summed E-state index contributed by atoms with van der Waals surface area (Å²) in [5, 5.41) is 9.48. The normalized spacial score (nSPS) is 42.1. The van der Waals surface area contributed by atoms with Crippen LogP contribution in [-0.2, 0) is 0 Å². The molecule has 1 nitrogen and oxygen atoms in total. The average Bonchev–Trinajstić information content (AvgIpc) is 3.08. The monoisotopic (exact) mass is 398 g/mol. The molecule has 0 bridgehead atoms. The molecule has 4 aliphatic rings. The molecule has 0 radical (unpaired) electrons. The maximum Gasteiger partial charge on any atom is 0.0459 e. The number of rotatable bonds is 6. The van der Waals surface area contributed by atoms with E-state index in [0.717, 1.165) is 23.7 Å². The van der Waals surface area contributed by atoms with E-state index in [0.29, 0.717) is 29.3 Å². The van der Waals surface area contributed by atoms with Crippen LogP contribution in [0.25, 0.3) is 0 Å². The summed E-state index contributed by atoms with van der Waals surface area (Å²) >= 11 is 0. The van der Waals surface area contributed by atoms with Gasteiger partial charge in [-0.15, -0.1) is 0 Å². The SMILES string of the molecule is CC(CO)[C@@H](C)CC[C@@H](C)[C@H]1CC=C2C3=CCC4CCCC[C@]4(C)[C@H]3CC[C@@]21C. The van der Waals surface area contributed by atoms with Crippen LogP contribution in [0.15, 0.2) is 23.3 Å². The molecule has 164 valence electrons. The van der Waals surface area contributed by atoms with Crippen molar-refractivity contribution in [3.63, 3.8) is 0 Å². The van der Waals surface area contributed by atoms with Gasteiger partial charge in [0.15, 0.2) is 0 Å². The predicted molar refractivity (Wildman–Crippen MR) is 124 cm³/mol. The van der Waals surface area contributed by atoms with Crippen LogP contribution in [0.5, 0.6) is 0 Å². The smallest absolute Gasteiger partial charge is 0.0459 e. The Morgan fingerprint density at radius 2 is 1.76 bits per heavy atom. The fraction of sp³-hybridized carbons (Fsp3) is 0.857. The summed E-state index contributed by atoms with van der Waals surface area (Å²) in [6, 6.07) is 0. The third-order valence-electron chi connectivity index (χ3n) is 10.5. The van der Waals surface area contributed by atoms with Gasteiger partial charge in [-0.3, -0.25) is 0 Å². The molecule has 0 aromatic rings. The van der Waals surface area contributed by atoms with Crippen molar-refractivity contribution in [2.45, 2.75) is 98.8 Å². The Kier molecular flexibility index (Phi) is 6.11. The zero-order valence-corrected chi connectivity index (χ0v) is 19.8. The van der Waals surface area contributed by atoms with Gasteiger partial charge >= 0.3 is 0 Å². The molecule has 0 amide bonds. The summed E-state index contributed by atoms with van der Waals surface area (Å²) in [4.78, 5) is 0. The lowest BCUT2D eigenvalue weighted by Gasteiger charge is -2.56. The fourth-order valence-corrected chi connectivity index (χ4v) is 8.03.